The predicted molar refractivity (Wildman–Crippen MR) is 114 cm³/mol. The van der Waals surface area contributed by atoms with Gasteiger partial charge in [0, 0.05) is 24.8 Å². The molecule has 2 heterocycles. The van der Waals surface area contributed by atoms with Gasteiger partial charge in [0.25, 0.3) is 0 Å². The van der Waals surface area contributed by atoms with E-state index in [0.717, 1.165) is 36.4 Å². The van der Waals surface area contributed by atoms with Gasteiger partial charge in [0.15, 0.2) is 23.3 Å². The highest BCUT2D eigenvalue weighted by atomic mass is 19.2. The molecule has 0 aliphatic heterocycles. The van der Waals surface area contributed by atoms with Gasteiger partial charge in [0.2, 0.25) is 0 Å². The van der Waals surface area contributed by atoms with Crippen LogP contribution in [0.15, 0.2) is 85.5 Å². The van der Waals surface area contributed by atoms with Gasteiger partial charge in [-0.25, -0.2) is 27.2 Å². The number of pyridine rings is 2. The van der Waals surface area contributed by atoms with Crippen molar-refractivity contribution >= 4 is 11.9 Å². The maximum Gasteiger partial charge on any atom is 0.338 e. The average Bonchev–Trinajstić information content (AvgIpc) is 2.84. The van der Waals surface area contributed by atoms with Gasteiger partial charge in [-0.3, -0.25) is 9.97 Å². The van der Waals surface area contributed by atoms with Crippen LogP contribution in [0.4, 0.5) is 17.6 Å². The number of halogens is 4. The number of carbonyl (C=O) groups is 2. The van der Waals surface area contributed by atoms with Gasteiger partial charge in [0.1, 0.15) is 0 Å². The van der Waals surface area contributed by atoms with Crippen molar-refractivity contribution in [1.29, 1.82) is 0 Å². The van der Waals surface area contributed by atoms with E-state index in [4.69, 9.17) is 10.2 Å². The molecule has 0 saturated carbocycles. The van der Waals surface area contributed by atoms with Crippen molar-refractivity contribution in [2.24, 2.45) is 0 Å². The number of carboxylic acids is 2. The Kier molecular flexibility index (Phi) is 9.39. The summed E-state index contributed by atoms with van der Waals surface area (Å²) in [4.78, 5) is 28.2. The second kappa shape index (κ2) is 12.4. The van der Waals surface area contributed by atoms with Crippen LogP contribution < -0.4 is 0 Å². The first kappa shape index (κ1) is 25.7. The minimum Gasteiger partial charge on any atom is -0.478 e. The minimum absolute atomic E-state index is 0.648. The van der Waals surface area contributed by atoms with Crippen molar-refractivity contribution < 1.29 is 37.4 Å². The van der Waals surface area contributed by atoms with E-state index in [1.54, 1.807) is 24.8 Å². The largest absolute Gasteiger partial charge is 0.478 e. The lowest BCUT2D eigenvalue weighted by atomic mass is 10.1. The minimum atomic E-state index is -1.47. The van der Waals surface area contributed by atoms with Crippen molar-refractivity contribution in [3.8, 4) is 11.1 Å². The molecule has 0 saturated heterocycles. The number of nitrogens with zero attached hydrogens (tertiary/aromatic N) is 2. The molecule has 0 radical (unpaired) electrons. The van der Waals surface area contributed by atoms with Crippen LogP contribution in [0.2, 0.25) is 0 Å². The third-order valence-electron chi connectivity index (χ3n) is 4.06. The molecule has 0 fully saturated rings. The molecule has 0 aliphatic rings. The standard InChI is InChI=1S/C10H8N2.2C7H4F2O2/c1-5-11-6-2-9(1)10-3-7-12-8-4-10;2*8-5-3-1-2-4(6(5)9)7(10)11/h1-8H;2*1-3H,(H,10,11). The Morgan fingerprint density at radius 3 is 1.15 bits per heavy atom. The van der Waals surface area contributed by atoms with Gasteiger partial charge >= 0.3 is 11.9 Å². The quantitative estimate of drug-likeness (QED) is 0.384. The summed E-state index contributed by atoms with van der Waals surface area (Å²) in [7, 11) is 0. The monoisotopic (exact) mass is 472 g/mol. The predicted octanol–water partition coefficient (Wildman–Crippen LogP) is 5.47. The van der Waals surface area contributed by atoms with E-state index in [-0.39, 0.29) is 0 Å². The van der Waals surface area contributed by atoms with Crippen LogP contribution in [-0.4, -0.2) is 32.1 Å². The first-order valence-electron chi connectivity index (χ1n) is 9.37. The highest BCUT2D eigenvalue weighted by Crippen LogP contribution is 2.15. The summed E-state index contributed by atoms with van der Waals surface area (Å²) in [5.74, 6) is -7.88. The SMILES string of the molecule is O=C(O)c1cccc(F)c1F.O=C(O)c1cccc(F)c1F.c1cc(-c2ccncc2)ccn1. The smallest absolute Gasteiger partial charge is 0.338 e. The Balaban J connectivity index is 0.000000181. The van der Waals surface area contributed by atoms with Crippen LogP contribution in [0.5, 0.6) is 0 Å². The zero-order valence-corrected chi connectivity index (χ0v) is 17.2. The van der Waals surface area contributed by atoms with Crippen LogP contribution in [0, 0.1) is 23.3 Å². The van der Waals surface area contributed by atoms with E-state index >= 15 is 0 Å². The fourth-order valence-corrected chi connectivity index (χ4v) is 2.43. The molecule has 34 heavy (non-hydrogen) atoms. The molecule has 10 heteroatoms. The van der Waals surface area contributed by atoms with E-state index < -0.39 is 46.3 Å². The van der Waals surface area contributed by atoms with E-state index in [0.29, 0.717) is 0 Å². The van der Waals surface area contributed by atoms with E-state index in [9.17, 15) is 27.2 Å². The molecule has 0 aliphatic carbocycles. The number of rotatable bonds is 3. The first-order chi connectivity index (χ1) is 16.2. The first-order valence-corrected chi connectivity index (χ1v) is 9.37. The summed E-state index contributed by atoms with van der Waals surface area (Å²) in [6.45, 7) is 0. The third kappa shape index (κ3) is 7.23. The van der Waals surface area contributed by atoms with Crippen molar-refractivity contribution in [3.63, 3.8) is 0 Å². The summed E-state index contributed by atoms with van der Waals surface area (Å²) in [6.07, 6.45) is 7.15. The molecule has 0 atom stereocenters. The molecular weight excluding hydrogens is 456 g/mol. The Morgan fingerprint density at radius 1 is 0.559 bits per heavy atom. The molecule has 6 nitrogen and oxygen atoms in total. The molecule has 0 spiro atoms. The number of hydrogen-bond donors (Lipinski definition) is 2. The van der Waals surface area contributed by atoms with E-state index in [2.05, 4.69) is 9.97 Å². The lowest BCUT2D eigenvalue weighted by Gasteiger charge is -1.97. The molecule has 174 valence electrons. The topological polar surface area (TPSA) is 100 Å². The van der Waals surface area contributed by atoms with Crippen molar-refractivity contribution in [2.45, 2.75) is 0 Å². The highest BCUT2D eigenvalue weighted by Gasteiger charge is 2.13. The van der Waals surface area contributed by atoms with Crippen molar-refractivity contribution in [2.75, 3.05) is 0 Å². The number of aromatic nitrogens is 2. The Labute approximate surface area is 190 Å². The Morgan fingerprint density at radius 2 is 0.882 bits per heavy atom. The van der Waals surface area contributed by atoms with Gasteiger partial charge in [-0.2, -0.15) is 0 Å². The van der Waals surface area contributed by atoms with Gasteiger partial charge in [-0.1, -0.05) is 12.1 Å². The summed E-state index contributed by atoms with van der Waals surface area (Å²) >= 11 is 0. The summed E-state index contributed by atoms with van der Waals surface area (Å²) in [5, 5.41) is 16.6. The molecule has 0 amide bonds. The zero-order valence-electron chi connectivity index (χ0n) is 17.2. The number of aromatic carboxylic acids is 2. The molecule has 2 N–H and O–H groups in total. The second-order valence-electron chi connectivity index (χ2n) is 6.28. The summed E-state index contributed by atoms with van der Waals surface area (Å²) in [5.41, 5.74) is 1.05. The lowest BCUT2D eigenvalue weighted by molar-refractivity contribution is 0.0679. The van der Waals surface area contributed by atoms with Crippen LogP contribution in [0.25, 0.3) is 11.1 Å². The Hall–Kier alpha value is -4.60. The molecule has 2 aromatic heterocycles. The van der Waals surface area contributed by atoms with Gasteiger partial charge in [-0.15, -0.1) is 0 Å². The molecule has 0 unspecified atom stereocenters. The van der Waals surface area contributed by atoms with Crippen LogP contribution in [-0.2, 0) is 0 Å². The average molecular weight is 472 g/mol. The number of hydrogen-bond acceptors (Lipinski definition) is 4. The summed E-state index contributed by atoms with van der Waals surface area (Å²) < 4.78 is 49.6. The van der Waals surface area contributed by atoms with Crippen molar-refractivity contribution in [3.05, 3.63) is 120 Å². The molecular formula is C24H16F4N2O4. The van der Waals surface area contributed by atoms with Crippen LogP contribution in [0.3, 0.4) is 0 Å². The highest BCUT2D eigenvalue weighted by molar-refractivity contribution is 5.88. The van der Waals surface area contributed by atoms with E-state index in [1.807, 2.05) is 24.3 Å². The maximum atomic E-state index is 12.5. The normalized spacial score (nSPS) is 9.65. The van der Waals surface area contributed by atoms with Gasteiger partial charge in [-0.05, 0) is 59.7 Å². The van der Waals surface area contributed by atoms with Crippen molar-refractivity contribution in [1.82, 2.24) is 9.97 Å². The molecule has 2 aromatic carbocycles. The molecule has 0 bridgehead atoms. The fraction of sp³-hybridized carbons (Fsp3) is 0. The van der Waals surface area contributed by atoms with E-state index in [1.165, 1.54) is 11.1 Å². The molecule has 4 aromatic rings. The third-order valence-corrected chi connectivity index (χ3v) is 4.06. The van der Waals surface area contributed by atoms with Gasteiger partial charge < -0.3 is 10.2 Å². The van der Waals surface area contributed by atoms with Gasteiger partial charge in [0.05, 0.1) is 11.1 Å². The number of carboxylic acid groups (broad SMARTS) is 2. The Bertz CT molecular complexity index is 1160. The number of benzene rings is 2. The fourth-order valence-electron chi connectivity index (χ4n) is 2.43. The zero-order chi connectivity index (χ0) is 25.1. The maximum absolute atomic E-state index is 12.5. The van der Waals surface area contributed by atoms with Crippen LogP contribution >= 0.6 is 0 Å². The van der Waals surface area contributed by atoms with Crippen LogP contribution in [0.1, 0.15) is 20.7 Å². The lowest BCUT2D eigenvalue weighted by Crippen LogP contribution is -2.01. The molecule has 4 rings (SSSR count). The second-order valence-corrected chi connectivity index (χ2v) is 6.28. The summed E-state index contributed by atoms with van der Waals surface area (Å²) in [6, 6.07) is 13.9.